The molecule has 26 heavy (non-hydrogen) atoms. The van der Waals surface area contributed by atoms with Crippen LogP contribution in [0.2, 0.25) is 0 Å². The molecule has 0 radical (unpaired) electrons. The maximum absolute atomic E-state index is 14.7. The van der Waals surface area contributed by atoms with E-state index in [1.165, 1.54) is 0 Å². The summed E-state index contributed by atoms with van der Waals surface area (Å²) in [6, 6.07) is 2.23. The summed E-state index contributed by atoms with van der Waals surface area (Å²) < 4.78 is 45.5. The molecule has 4 rings (SSSR count). The lowest BCUT2D eigenvalue weighted by molar-refractivity contribution is -0.169. The average Bonchev–Trinajstić information content (AvgIpc) is 3.23. The summed E-state index contributed by atoms with van der Waals surface area (Å²) >= 11 is 0. The molecule has 1 amide bonds. The Labute approximate surface area is 149 Å². The minimum Gasteiger partial charge on any atom is -0.441 e. The molecule has 7 nitrogen and oxygen atoms in total. The van der Waals surface area contributed by atoms with Crippen molar-refractivity contribution in [2.45, 2.75) is 24.7 Å². The van der Waals surface area contributed by atoms with Gasteiger partial charge in [0.2, 0.25) is 0 Å². The summed E-state index contributed by atoms with van der Waals surface area (Å²) in [5.74, 6) is -2.11. The molecule has 1 aromatic carbocycles. The van der Waals surface area contributed by atoms with E-state index >= 15 is 0 Å². The number of hydrogen-bond donors (Lipinski definition) is 1. The van der Waals surface area contributed by atoms with Crippen molar-refractivity contribution in [1.82, 2.24) is 0 Å². The van der Waals surface area contributed by atoms with E-state index in [1.54, 1.807) is 4.90 Å². The molecular weight excluding hydrogens is 350 g/mol. The lowest BCUT2D eigenvalue weighted by atomic mass is 10.0. The van der Waals surface area contributed by atoms with Gasteiger partial charge in [-0.1, -0.05) is 0 Å². The fraction of sp³-hybridized carbons (Fsp3) is 0.588. The molecule has 1 N–H and O–H groups in total. The van der Waals surface area contributed by atoms with Crippen LogP contribution >= 0.6 is 0 Å². The lowest BCUT2D eigenvalue weighted by Gasteiger charge is -2.38. The van der Waals surface area contributed by atoms with Crippen LogP contribution in [0.25, 0.3) is 0 Å². The molecule has 9 heteroatoms. The van der Waals surface area contributed by atoms with Crippen molar-refractivity contribution in [3.63, 3.8) is 0 Å². The quantitative estimate of drug-likeness (QED) is 0.872. The maximum atomic E-state index is 14.7. The van der Waals surface area contributed by atoms with E-state index in [0.717, 1.165) is 17.0 Å². The molecule has 1 aromatic rings. The summed E-state index contributed by atoms with van der Waals surface area (Å²) in [6.45, 7) is 1.60. The van der Waals surface area contributed by atoms with Crippen molar-refractivity contribution < 1.29 is 32.9 Å². The van der Waals surface area contributed by atoms with E-state index in [9.17, 15) is 13.6 Å². The van der Waals surface area contributed by atoms with Gasteiger partial charge in [-0.2, -0.15) is 0 Å². The minimum atomic E-state index is -0.746. The number of anilines is 2. The SMILES string of the molecule is O=C1O[C@@H](CO)CN1c1cc(F)c(N2CCC3(CC2)OCCO3)c(F)c1. The Morgan fingerprint density at radius 2 is 1.77 bits per heavy atom. The van der Waals surface area contributed by atoms with Gasteiger partial charge in [-0.15, -0.1) is 0 Å². The van der Waals surface area contributed by atoms with E-state index in [-0.39, 0.29) is 24.5 Å². The molecule has 3 saturated heterocycles. The van der Waals surface area contributed by atoms with Crippen molar-refractivity contribution in [3.8, 4) is 0 Å². The molecule has 1 atom stereocenters. The summed E-state index contributed by atoms with van der Waals surface area (Å²) in [6.07, 6.45) is -0.363. The Morgan fingerprint density at radius 1 is 1.15 bits per heavy atom. The highest BCUT2D eigenvalue weighted by molar-refractivity contribution is 5.90. The molecule has 0 saturated carbocycles. The van der Waals surface area contributed by atoms with Gasteiger partial charge in [0, 0.05) is 38.1 Å². The van der Waals surface area contributed by atoms with Gasteiger partial charge in [0.05, 0.1) is 32.1 Å². The largest absolute Gasteiger partial charge is 0.441 e. The van der Waals surface area contributed by atoms with Gasteiger partial charge in [-0.3, -0.25) is 4.90 Å². The molecule has 3 aliphatic rings. The van der Waals surface area contributed by atoms with Crippen LogP contribution in [0.1, 0.15) is 12.8 Å². The fourth-order valence-corrected chi connectivity index (χ4v) is 3.69. The van der Waals surface area contributed by atoms with Gasteiger partial charge in [0.25, 0.3) is 0 Å². The smallest absolute Gasteiger partial charge is 0.414 e. The van der Waals surface area contributed by atoms with Gasteiger partial charge >= 0.3 is 6.09 Å². The summed E-state index contributed by atoms with van der Waals surface area (Å²) in [4.78, 5) is 14.5. The number of halogens is 2. The van der Waals surface area contributed by atoms with Crippen molar-refractivity contribution in [2.75, 3.05) is 49.3 Å². The van der Waals surface area contributed by atoms with Crippen LogP contribution in [0.4, 0.5) is 25.0 Å². The van der Waals surface area contributed by atoms with E-state index in [4.69, 9.17) is 19.3 Å². The van der Waals surface area contributed by atoms with Crippen molar-refractivity contribution in [2.24, 2.45) is 0 Å². The van der Waals surface area contributed by atoms with Crippen LogP contribution in [-0.4, -0.2) is 62.5 Å². The van der Waals surface area contributed by atoms with E-state index in [2.05, 4.69) is 0 Å². The van der Waals surface area contributed by atoms with Gasteiger partial charge in [0.1, 0.15) is 11.8 Å². The zero-order valence-electron chi connectivity index (χ0n) is 14.1. The van der Waals surface area contributed by atoms with E-state index in [0.29, 0.717) is 39.1 Å². The van der Waals surface area contributed by atoms with Crippen molar-refractivity contribution in [1.29, 1.82) is 0 Å². The number of rotatable bonds is 3. The summed E-state index contributed by atoms with van der Waals surface area (Å²) in [5, 5.41) is 9.08. The highest BCUT2D eigenvalue weighted by Gasteiger charge is 2.41. The topological polar surface area (TPSA) is 71.5 Å². The fourth-order valence-electron chi connectivity index (χ4n) is 3.69. The Morgan fingerprint density at radius 3 is 2.31 bits per heavy atom. The Balaban J connectivity index is 1.52. The predicted molar refractivity (Wildman–Crippen MR) is 87.1 cm³/mol. The van der Waals surface area contributed by atoms with E-state index in [1.807, 2.05) is 0 Å². The first-order chi connectivity index (χ1) is 12.5. The van der Waals surface area contributed by atoms with Crippen LogP contribution in [0, 0.1) is 11.6 Å². The Hall–Kier alpha value is -1.97. The van der Waals surface area contributed by atoms with E-state index < -0.39 is 29.6 Å². The van der Waals surface area contributed by atoms with Gasteiger partial charge in [-0.05, 0) is 0 Å². The first-order valence-electron chi connectivity index (χ1n) is 8.62. The number of ether oxygens (including phenoxy) is 3. The van der Waals surface area contributed by atoms with Crippen LogP contribution in [0.15, 0.2) is 12.1 Å². The first kappa shape index (κ1) is 17.4. The molecule has 0 aromatic heterocycles. The minimum absolute atomic E-state index is 0.0501. The molecule has 142 valence electrons. The number of carbonyl (C=O) groups excluding carboxylic acids is 1. The third-order valence-electron chi connectivity index (χ3n) is 5.05. The molecule has 0 aliphatic carbocycles. The van der Waals surface area contributed by atoms with Gasteiger partial charge in [0.15, 0.2) is 17.4 Å². The second kappa shape index (κ2) is 6.64. The standard InChI is InChI=1S/C17H20F2N2O5/c18-13-7-11(21-9-12(10-22)26-16(21)23)8-14(19)15(13)20-3-1-17(2-4-20)24-5-6-25-17/h7-8,12,22H,1-6,9-10H2/t12-/m1/s1. The number of cyclic esters (lactones) is 1. The number of aliphatic hydroxyl groups is 1. The number of hydrogen-bond acceptors (Lipinski definition) is 6. The van der Waals surface area contributed by atoms with Crippen molar-refractivity contribution >= 4 is 17.5 Å². The molecule has 3 aliphatic heterocycles. The third kappa shape index (κ3) is 3.00. The Bertz CT molecular complexity index is 677. The van der Waals surface area contributed by atoms with Crippen LogP contribution < -0.4 is 9.80 Å². The number of aliphatic hydroxyl groups excluding tert-OH is 1. The third-order valence-corrected chi connectivity index (χ3v) is 5.05. The van der Waals surface area contributed by atoms with Gasteiger partial charge < -0.3 is 24.2 Å². The summed E-state index contributed by atoms with van der Waals surface area (Å²) in [7, 11) is 0. The number of amides is 1. The molecular formula is C17H20F2N2O5. The Kier molecular flexibility index (Phi) is 4.45. The number of nitrogens with zero attached hydrogens (tertiary/aromatic N) is 2. The number of piperidine rings is 1. The molecule has 0 unspecified atom stereocenters. The second-order valence-corrected chi connectivity index (χ2v) is 6.65. The zero-order valence-corrected chi connectivity index (χ0v) is 14.1. The van der Waals surface area contributed by atoms with Crippen LogP contribution in [0.3, 0.4) is 0 Å². The number of carbonyl (C=O) groups is 1. The first-order valence-corrected chi connectivity index (χ1v) is 8.62. The normalized spacial score (nSPS) is 25.2. The average molecular weight is 370 g/mol. The van der Waals surface area contributed by atoms with Gasteiger partial charge in [-0.25, -0.2) is 13.6 Å². The van der Waals surface area contributed by atoms with Crippen LogP contribution in [0.5, 0.6) is 0 Å². The maximum Gasteiger partial charge on any atom is 0.414 e. The highest BCUT2D eigenvalue weighted by Crippen LogP contribution is 2.36. The second-order valence-electron chi connectivity index (χ2n) is 6.65. The van der Waals surface area contributed by atoms with Crippen LogP contribution in [-0.2, 0) is 14.2 Å². The molecule has 3 fully saturated rings. The molecule has 1 spiro atoms. The van der Waals surface area contributed by atoms with Crippen molar-refractivity contribution in [3.05, 3.63) is 23.8 Å². The summed E-state index contributed by atoms with van der Waals surface area (Å²) in [5.41, 5.74) is -0.0477. The zero-order chi connectivity index (χ0) is 18.3. The predicted octanol–water partition coefficient (Wildman–Crippen LogP) is 1.63. The monoisotopic (exact) mass is 370 g/mol. The molecule has 3 heterocycles. The molecule has 0 bridgehead atoms. The lowest BCUT2D eigenvalue weighted by Crippen LogP contribution is -2.45. The number of benzene rings is 1. The highest BCUT2D eigenvalue weighted by atomic mass is 19.1.